The highest BCUT2D eigenvalue weighted by Crippen LogP contribution is 2.22. The van der Waals surface area contributed by atoms with Gasteiger partial charge in [0.2, 0.25) is 5.91 Å². The smallest absolute Gasteiger partial charge is 0.243 e. The van der Waals surface area contributed by atoms with E-state index >= 15 is 0 Å². The van der Waals surface area contributed by atoms with Crippen molar-refractivity contribution >= 4 is 35.8 Å². The number of rotatable bonds is 8. The van der Waals surface area contributed by atoms with Crippen molar-refractivity contribution in [3.63, 3.8) is 0 Å². The molecule has 0 aromatic carbocycles. The number of nitrogens with zero attached hydrogens (tertiary/aromatic N) is 3. The van der Waals surface area contributed by atoms with E-state index < -0.39 is 0 Å². The summed E-state index contributed by atoms with van der Waals surface area (Å²) in [6, 6.07) is 0.454. The lowest BCUT2D eigenvalue weighted by atomic mass is 9.89. The highest BCUT2D eigenvalue weighted by Gasteiger charge is 2.20. The largest absolute Gasteiger partial charge is 0.356 e. The Balaban J connectivity index is 0.00000392. The first-order valence-electron chi connectivity index (χ1n) is 11.1. The van der Waals surface area contributed by atoms with E-state index in [0.29, 0.717) is 6.04 Å². The van der Waals surface area contributed by atoms with Gasteiger partial charge in [-0.3, -0.25) is 4.79 Å². The molecule has 2 aliphatic rings. The molecular weight excluding hydrogens is 465 g/mol. The van der Waals surface area contributed by atoms with Crippen LogP contribution in [0.5, 0.6) is 0 Å². The van der Waals surface area contributed by atoms with E-state index in [-0.39, 0.29) is 36.4 Å². The average Bonchev–Trinajstić information content (AvgIpc) is 2.69. The zero-order valence-corrected chi connectivity index (χ0v) is 20.5. The number of nitrogens with one attached hydrogen (secondary N) is 2. The predicted molar refractivity (Wildman–Crippen MR) is 128 cm³/mol. The minimum absolute atomic E-state index is 0. The third kappa shape index (κ3) is 9.76. The summed E-state index contributed by atoms with van der Waals surface area (Å²) in [5.74, 6) is 1.61. The highest BCUT2D eigenvalue weighted by molar-refractivity contribution is 14.0. The van der Waals surface area contributed by atoms with Gasteiger partial charge in [0.05, 0.1) is 0 Å². The first-order chi connectivity index (χ1) is 13.1. The SMILES string of the molecule is CCCCN1CCC(NC(=NCC(=O)N(C)C)NCC2CCCCC2)CC1.I. The van der Waals surface area contributed by atoms with Gasteiger partial charge >= 0.3 is 0 Å². The Kier molecular flexibility index (Phi) is 13.1. The van der Waals surface area contributed by atoms with Crippen LogP contribution in [0.4, 0.5) is 0 Å². The van der Waals surface area contributed by atoms with E-state index in [0.717, 1.165) is 44.4 Å². The average molecular weight is 508 g/mol. The number of guanidine groups is 1. The lowest BCUT2D eigenvalue weighted by molar-refractivity contribution is -0.127. The van der Waals surface area contributed by atoms with Crippen molar-refractivity contribution in [1.29, 1.82) is 0 Å². The van der Waals surface area contributed by atoms with E-state index in [1.807, 2.05) is 0 Å². The minimum atomic E-state index is 0. The van der Waals surface area contributed by atoms with Gasteiger partial charge in [0.15, 0.2) is 5.96 Å². The number of aliphatic imine (C=N–C) groups is 1. The molecule has 2 rings (SSSR count). The summed E-state index contributed by atoms with van der Waals surface area (Å²) in [4.78, 5) is 20.7. The number of hydrogen-bond acceptors (Lipinski definition) is 3. The molecule has 1 aliphatic heterocycles. The van der Waals surface area contributed by atoms with E-state index in [1.165, 1.54) is 51.5 Å². The summed E-state index contributed by atoms with van der Waals surface area (Å²) in [5, 5.41) is 7.14. The van der Waals surface area contributed by atoms with Gasteiger partial charge in [0.25, 0.3) is 0 Å². The van der Waals surface area contributed by atoms with Crippen molar-refractivity contribution in [1.82, 2.24) is 20.4 Å². The second-order valence-electron chi connectivity index (χ2n) is 8.45. The van der Waals surface area contributed by atoms with Gasteiger partial charge in [-0.1, -0.05) is 32.6 Å². The molecule has 1 aliphatic carbocycles. The maximum atomic E-state index is 11.9. The Hall–Kier alpha value is -0.570. The molecule has 7 heteroatoms. The minimum Gasteiger partial charge on any atom is -0.356 e. The maximum Gasteiger partial charge on any atom is 0.243 e. The van der Waals surface area contributed by atoms with Crippen LogP contribution in [-0.4, -0.2) is 74.5 Å². The first-order valence-corrected chi connectivity index (χ1v) is 11.1. The summed E-state index contributed by atoms with van der Waals surface area (Å²) in [7, 11) is 3.57. The number of likely N-dealkylation sites (tertiary alicyclic amines) is 1. The predicted octanol–water partition coefficient (Wildman–Crippen LogP) is 3.07. The summed E-state index contributed by atoms with van der Waals surface area (Å²) < 4.78 is 0. The van der Waals surface area contributed by atoms with Crippen LogP contribution in [-0.2, 0) is 4.79 Å². The standard InChI is InChI=1S/C21H41N5O.HI/c1-4-5-13-26-14-11-19(12-15-26)24-21(23-17-20(27)25(2)3)22-16-18-9-7-6-8-10-18;/h18-19H,4-17H2,1-3H3,(H2,22,23,24);1H. The molecule has 0 aromatic heterocycles. The lowest BCUT2D eigenvalue weighted by Gasteiger charge is -2.33. The van der Waals surface area contributed by atoms with Crippen LogP contribution in [0.2, 0.25) is 0 Å². The molecule has 1 saturated carbocycles. The van der Waals surface area contributed by atoms with E-state index in [1.54, 1.807) is 19.0 Å². The normalized spacial score (nSPS) is 19.8. The Bertz CT molecular complexity index is 458. The number of unbranched alkanes of at least 4 members (excludes halogenated alkanes) is 1. The molecule has 1 heterocycles. The van der Waals surface area contributed by atoms with Gasteiger partial charge in [-0.05, 0) is 44.6 Å². The van der Waals surface area contributed by atoms with Crippen LogP contribution >= 0.6 is 24.0 Å². The molecule has 2 N–H and O–H groups in total. The van der Waals surface area contributed by atoms with Crippen LogP contribution in [0, 0.1) is 5.92 Å². The third-order valence-electron chi connectivity index (χ3n) is 5.91. The fourth-order valence-corrected chi connectivity index (χ4v) is 3.95. The van der Waals surface area contributed by atoms with Crippen LogP contribution in [0.15, 0.2) is 4.99 Å². The summed E-state index contributed by atoms with van der Waals surface area (Å²) in [6.45, 7) is 6.97. The van der Waals surface area contributed by atoms with Gasteiger partial charge < -0.3 is 20.4 Å². The number of carbonyl (C=O) groups is 1. The fraction of sp³-hybridized carbons (Fsp3) is 0.905. The Morgan fingerprint density at radius 3 is 2.39 bits per heavy atom. The third-order valence-corrected chi connectivity index (χ3v) is 5.91. The molecule has 164 valence electrons. The van der Waals surface area contributed by atoms with Crippen molar-refractivity contribution in [3.8, 4) is 0 Å². The van der Waals surface area contributed by atoms with Crippen molar-refractivity contribution in [2.75, 3.05) is 46.8 Å². The number of amides is 1. The number of hydrogen-bond donors (Lipinski definition) is 2. The molecule has 1 saturated heterocycles. The number of piperidine rings is 1. The maximum absolute atomic E-state index is 11.9. The van der Waals surface area contributed by atoms with Gasteiger partial charge in [0.1, 0.15) is 6.54 Å². The molecule has 0 spiro atoms. The topological polar surface area (TPSA) is 60.0 Å². The molecule has 6 nitrogen and oxygen atoms in total. The molecule has 0 bridgehead atoms. The van der Waals surface area contributed by atoms with Crippen LogP contribution < -0.4 is 10.6 Å². The molecule has 0 radical (unpaired) electrons. The van der Waals surface area contributed by atoms with Crippen LogP contribution in [0.3, 0.4) is 0 Å². The summed E-state index contributed by atoms with van der Waals surface area (Å²) in [6.07, 6.45) is 11.6. The van der Waals surface area contributed by atoms with Crippen molar-refractivity contribution in [2.45, 2.75) is 70.8 Å². The first kappa shape index (κ1) is 25.5. The van der Waals surface area contributed by atoms with Gasteiger partial charge in [-0.15, -0.1) is 24.0 Å². The monoisotopic (exact) mass is 507 g/mol. The fourth-order valence-electron chi connectivity index (χ4n) is 3.95. The van der Waals surface area contributed by atoms with Crippen molar-refractivity contribution < 1.29 is 4.79 Å². The van der Waals surface area contributed by atoms with Gasteiger partial charge in [-0.25, -0.2) is 4.99 Å². The molecule has 28 heavy (non-hydrogen) atoms. The van der Waals surface area contributed by atoms with E-state index in [4.69, 9.17) is 0 Å². The molecular formula is C21H42IN5O. The summed E-state index contributed by atoms with van der Waals surface area (Å²) in [5.41, 5.74) is 0. The second kappa shape index (κ2) is 14.4. The Morgan fingerprint density at radius 1 is 1.11 bits per heavy atom. The van der Waals surface area contributed by atoms with Crippen LogP contribution in [0.1, 0.15) is 64.7 Å². The number of halogens is 1. The molecule has 2 fully saturated rings. The number of likely N-dealkylation sites (N-methyl/N-ethyl adjacent to an activating group) is 1. The lowest BCUT2D eigenvalue weighted by Crippen LogP contribution is -2.50. The zero-order chi connectivity index (χ0) is 19.5. The highest BCUT2D eigenvalue weighted by atomic mass is 127. The van der Waals surface area contributed by atoms with Crippen molar-refractivity contribution in [3.05, 3.63) is 0 Å². The van der Waals surface area contributed by atoms with Crippen molar-refractivity contribution in [2.24, 2.45) is 10.9 Å². The molecule has 0 atom stereocenters. The van der Waals surface area contributed by atoms with E-state index in [2.05, 4.69) is 27.4 Å². The molecule has 0 unspecified atom stereocenters. The Morgan fingerprint density at radius 2 is 1.79 bits per heavy atom. The number of carbonyl (C=O) groups excluding carboxylic acids is 1. The Labute approximate surface area is 189 Å². The zero-order valence-electron chi connectivity index (χ0n) is 18.2. The van der Waals surface area contributed by atoms with Gasteiger partial charge in [0, 0.05) is 39.8 Å². The summed E-state index contributed by atoms with van der Waals surface area (Å²) >= 11 is 0. The second-order valence-corrected chi connectivity index (χ2v) is 8.45. The van der Waals surface area contributed by atoms with Gasteiger partial charge in [-0.2, -0.15) is 0 Å². The quantitative estimate of drug-likeness (QED) is 0.301. The van der Waals surface area contributed by atoms with Crippen LogP contribution in [0.25, 0.3) is 0 Å². The van der Waals surface area contributed by atoms with E-state index in [9.17, 15) is 4.79 Å². The molecule has 1 amide bonds. The molecule has 0 aromatic rings.